The molecule has 1 heterocycles. The lowest BCUT2D eigenvalue weighted by Crippen LogP contribution is -2.47. The molecule has 1 saturated carbocycles. The second kappa shape index (κ2) is 6.55. The minimum atomic E-state index is 0.329. The van der Waals surface area contributed by atoms with Gasteiger partial charge < -0.3 is 4.90 Å². The maximum Gasteiger partial charge on any atom is 0.236 e. The molecule has 0 radical (unpaired) electrons. The molecule has 2 aliphatic rings. The van der Waals surface area contributed by atoms with Gasteiger partial charge in [-0.05, 0) is 39.2 Å². The summed E-state index contributed by atoms with van der Waals surface area (Å²) in [7, 11) is 2.01. The lowest BCUT2D eigenvalue weighted by Gasteiger charge is -2.36. The van der Waals surface area contributed by atoms with Crippen molar-refractivity contribution in [3.8, 4) is 0 Å². The van der Waals surface area contributed by atoms with Crippen LogP contribution in [0.3, 0.4) is 0 Å². The third-order valence-corrected chi connectivity index (χ3v) is 4.79. The molecule has 1 amide bonds. The average molecular weight is 252 g/mol. The number of amides is 1. The van der Waals surface area contributed by atoms with Gasteiger partial charge in [0, 0.05) is 19.1 Å². The Labute approximate surface area is 112 Å². The van der Waals surface area contributed by atoms with Crippen LogP contribution >= 0.6 is 0 Å². The zero-order chi connectivity index (χ0) is 13.0. The Bertz CT molecular complexity index is 274. The van der Waals surface area contributed by atoms with Crippen molar-refractivity contribution in [2.75, 3.05) is 20.1 Å². The highest BCUT2D eigenvalue weighted by atomic mass is 16.2. The van der Waals surface area contributed by atoms with Crippen molar-refractivity contribution in [1.29, 1.82) is 0 Å². The fourth-order valence-electron chi connectivity index (χ4n) is 3.35. The van der Waals surface area contributed by atoms with Crippen LogP contribution in [0.15, 0.2) is 0 Å². The zero-order valence-electron chi connectivity index (χ0n) is 12.0. The number of piperidine rings is 1. The first-order chi connectivity index (χ1) is 8.68. The molecule has 2 fully saturated rings. The van der Waals surface area contributed by atoms with Crippen LogP contribution in [0.1, 0.15) is 58.3 Å². The summed E-state index contributed by atoms with van der Waals surface area (Å²) in [6.07, 6.45) is 10.2. The molecule has 18 heavy (non-hydrogen) atoms. The molecule has 1 unspecified atom stereocenters. The van der Waals surface area contributed by atoms with Gasteiger partial charge in [0.25, 0.3) is 0 Å². The number of likely N-dealkylation sites (tertiary alicyclic amines) is 1. The molecule has 0 aromatic heterocycles. The summed E-state index contributed by atoms with van der Waals surface area (Å²) >= 11 is 0. The Morgan fingerprint density at radius 1 is 1.11 bits per heavy atom. The summed E-state index contributed by atoms with van der Waals surface area (Å²) in [6.45, 7) is 3.99. The van der Waals surface area contributed by atoms with E-state index in [1.54, 1.807) is 0 Å². The Morgan fingerprint density at radius 3 is 2.44 bits per heavy atom. The fraction of sp³-hybridized carbons (Fsp3) is 0.933. The van der Waals surface area contributed by atoms with Crippen molar-refractivity contribution in [2.45, 2.75) is 70.4 Å². The second-order valence-corrected chi connectivity index (χ2v) is 6.11. The lowest BCUT2D eigenvalue weighted by molar-refractivity contribution is -0.134. The molecule has 1 atom stereocenters. The summed E-state index contributed by atoms with van der Waals surface area (Å²) < 4.78 is 0. The van der Waals surface area contributed by atoms with Crippen LogP contribution in [-0.4, -0.2) is 47.9 Å². The Hall–Kier alpha value is -0.570. The Balaban J connectivity index is 1.82. The Morgan fingerprint density at radius 2 is 1.78 bits per heavy atom. The van der Waals surface area contributed by atoms with Gasteiger partial charge in [-0.3, -0.25) is 9.69 Å². The number of carbonyl (C=O) groups is 1. The van der Waals surface area contributed by atoms with Crippen LogP contribution in [-0.2, 0) is 4.79 Å². The first-order valence-electron chi connectivity index (χ1n) is 7.68. The highest BCUT2D eigenvalue weighted by Gasteiger charge is 2.26. The normalized spacial score (nSPS) is 27.1. The van der Waals surface area contributed by atoms with E-state index in [1.807, 2.05) is 11.9 Å². The molecule has 0 bridgehead atoms. The molecule has 104 valence electrons. The van der Waals surface area contributed by atoms with Crippen LogP contribution in [0, 0.1) is 0 Å². The standard InChI is InChI=1S/C15H28N2O/c1-13-8-6-7-11-17(13)12-15(18)16(2)14-9-4-3-5-10-14/h13-14H,3-12H2,1-2H3. The van der Waals surface area contributed by atoms with E-state index < -0.39 is 0 Å². The number of hydrogen-bond donors (Lipinski definition) is 0. The van der Waals surface area contributed by atoms with E-state index in [-0.39, 0.29) is 0 Å². The second-order valence-electron chi connectivity index (χ2n) is 6.11. The van der Waals surface area contributed by atoms with Gasteiger partial charge in [-0.25, -0.2) is 0 Å². The number of rotatable bonds is 3. The SMILES string of the molecule is CC1CCCCN1CC(=O)N(C)C1CCCCC1. The number of likely N-dealkylation sites (N-methyl/N-ethyl adjacent to an activating group) is 1. The predicted molar refractivity (Wildman–Crippen MR) is 74.5 cm³/mol. The van der Waals surface area contributed by atoms with E-state index >= 15 is 0 Å². The molecule has 3 heteroatoms. The van der Waals surface area contributed by atoms with Crippen LogP contribution in [0.2, 0.25) is 0 Å². The molecule has 0 N–H and O–H groups in total. The number of nitrogens with zero attached hydrogens (tertiary/aromatic N) is 2. The van der Waals surface area contributed by atoms with E-state index in [4.69, 9.17) is 0 Å². The third kappa shape index (κ3) is 3.47. The van der Waals surface area contributed by atoms with Crippen LogP contribution in [0.4, 0.5) is 0 Å². The maximum absolute atomic E-state index is 12.3. The van der Waals surface area contributed by atoms with Gasteiger partial charge in [0.15, 0.2) is 0 Å². The minimum Gasteiger partial charge on any atom is -0.342 e. The molecular formula is C15H28N2O. The summed E-state index contributed by atoms with van der Waals surface area (Å²) in [4.78, 5) is 16.7. The monoisotopic (exact) mass is 252 g/mol. The molecule has 3 nitrogen and oxygen atoms in total. The summed E-state index contributed by atoms with van der Waals surface area (Å²) in [5.74, 6) is 0.329. The lowest BCUT2D eigenvalue weighted by atomic mass is 9.94. The van der Waals surface area contributed by atoms with E-state index in [0.29, 0.717) is 24.5 Å². The minimum absolute atomic E-state index is 0.329. The first-order valence-corrected chi connectivity index (χ1v) is 7.68. The molecule has 1 saturated heterocycles. The van der Waals surface area contributed by atoms with Gasteiger partial charge in [-0.1, -0.05) is 25.7 Å². The highest BCUT2D eigenvalue weighted by molar-refractivity contribution is 5.78. The fourth-order valence-corrected chi connectivity index (χ4v) is 3.35. The molecule has 2 rings (SSSR count). The largest absolute Gasteiger partial charge is 0.342 e. The van der Waals surface area contributed by atoms with Crippen molar-refractivity contribution in [2.24, 2.45) is 0 Å². The van der Waals surface area contributed by atoms with Gasteiger partial charge in [-0.2, -0.15) is 0 Å². The van der Waals surface area contributed by atoms with E-state index in [0.717, 1.165) is 6.54 Å². The van der Waals surface area contributed by atoms with Crippen LogP contribution < -0.4 is 0 Å². The summed E-state index contributed by atoms with van der Waals surface area (Å²) in [6, 6.07) is 1.09. The maximum atomic E-state index is 12.3. The molecule has 1 aliphatic heterocycles. The smallest absolute Gasteiger partial charge is 0.236 e. The van der Waals surface area contributed by atoms with Gasteiger partial charge >= 0.3 is 0 Å². The third-order valence-electron chi connectivity index (χ3n) is 4.79. The summed E-state index contributed by atoms with van der Waals surface area (Å²) in [5.41, 5.74) is 0. The molecule has 1 aliphatic carbocycles. The highest BCUT2D eigenvalue weighted by Crippen LogP contribution is 2.22. The quantitative estimate of drug-likeness (QED) is 0.771. The number of hydrogen-bond acceptors (Lipinski definition) is 2. The van der Waals surface area contributed by atoms with Gasteiger partial charge in [0.2, 0.25) is 5.91 Å². The zero-order valence-corrected chi connectivity index (χ0v) is 12.0. The average Bonchev–Trinajstić information content (AvgIpc) is 2.41. The molecule has 0 aromatic rings. The van der Waals surface area contributed by atoms with Crippen LogP contribution in [0.25, 0.3) is 0 Å². The van der Waals surface area contributed by atoms with Crippen molar-refractivity contribution < 1.29 is 4.79 Å². The first kappa shape index (κ1) is 13.9. The predicted octanol–water partition coefficient (Wildman–Crippen LogP) is 2.65. The van der Waals surface area contributed by atoms with Crippen molar-refractivity contribution in [3.05, 3.63) is 0 Å². The van der Waals surface area contributed by atoms with Gasteiger partial charge in [0.1, 0.15) is 0 Å². The van der Waals surface area contributed by atoms with Gasteiger partial charge in [-0.15, -0.1) is 0 Å². The van der Waals surface area contributed by atoms with E-state index in [1.165, 1.54) is 51.4 Å². The van der Waals surface area contributed by atoms with Gasteiger partial charge in [0.05, 0.1) is 6.54 Å². The van der Waals surface area contributed by atoms with Crippen molar-refractivity contribution in [1.82, 2.24) is 9.80 Å². The summed E-state index contributed by atoms with van der Waals surface area (Å²) in [5, 5.41) is 0. The van der Waals surface area contributed by atoms with E-state index in [2.05, 4.69) is 11.8 Å². The molecule has 0 aromatic carbocycles. The van der Waals surface area contributed by atoms with Crippen molar-refractivity contribution in [3.63, 3.8) is 0 Å². The van der Waals surface area contributed by atoms with Crippen LogP contribution in [0.5, 0.6) is 0 Å². The van der Waals surface area contributed by atoms with Crippen molar-refractivity contribution >= 4 is 5.91 Å². The Kier molecular flexibility index (Phi) is 5.04. The van der Waals surface area contributed by atoms with E-state index in [9.17, 15) is 4.79 Å². The topological polar surface area (TPSA) is 23.6 Å². The molecule has 0 spiro atoms. The number of carbonyl (C=O) groups excluding carboxylic acids is 1. The molecular weight excluding hydrogens is 224 g/mol.